The molecule has 0 nitrogen and oxygen atoms in total. The molecule has 0 heterocycles. The zero-order valence-electron chi connectivity index (χ0n) is 21.0. The molecular formula is C38H21Br. The SMILES string of the molecule is Brc1ccc2c(c1)C1(c3ccccc3-2)c2ccccc2C2(c3c#cccc3)c3ccccc3-c3cccc1c32. The highest BCUT2D eigenvalue weighted by atomic mass is 79.9. The van der Waals surface area contributed by atoms with Crippen molar-refractivity contribution < 1.29 is 0 Å². The van der Waals surface area contributed by atoms with Crippen molar-refractivity contribution in [2.24, 2.45) is 0 Å². The van der Waals surface area contributed by atoms with Gasteiger partial charge in [-0.15, -0.1) is 0 Å². The molecule has 0 aliphatic heterocycles. The lowest BCUT2D eigenvalue weighted by molar-refractivity contribution is 0.636. The molecule has 0 saturated carbocycles. The van der Waals surface area contributed by atoms with Crippen LogP contribution in [0.1, 0.15) is 44.5 Å². The third-order valence-corrected chi connectivity index (χ3v) is 9.75. The number of halogens is 1. The Labute approximate surface area is 236 Å². The minimum Gasteiger partial charge on any atom is -0.0699 e. The van der Waals surface area contributed by atoms with Crippen LogP contribution in [0.5, 0.6) is 0 Å². The highest BCUT2D eigenvalue weighted by Gasteiger charge is 2.59. The van der Waals surface area contributed by atoms with Crippen molar-refractivity contribution in [1.82, 2.24) is 0 Å². The zero-order valence-corrected chi connectivity index (χ0v) is 22.6. The van der Waals surface area contributed by atoms with E-state index in [9.17, 15) is 0 Å². The van der Waals surface area contributed by atoms with Crippen LogP contribution in [-0.4, -0.2) is 0 Å². The van der Waals surface area contributed by atoms with Crippen LogP contribution in [0.15, 0.2) is 132 Å². The van der Waals surface area contributed by atoms with E-state index in [4.69, 9.17) is 0 Å². The van der Waals surface area contributed by atoms with E-state index in [1.807, 2.05) is 6.07 Å². The molecule has 0 saturated heterocycles. The average molecular weight is 557 g/mol. The monoisotopic (exact) mass is 556 g/mol. The first-order chi connectivity index (χ1) is 19.3. The molecule has 0 radical (unpaired) electrons. The second-order valence-corrected chi connectivity index (χ2v) is 11.7. The van der Waals surface area contributed by atoms with E-state index >= 15 is 0 Å². The predicted octanol–water partition coefficient (Wildman–Crippen LogP) is 9.09. The maximum atomic E-state index is 3.84. The third-order valence-electron chi connectivity index (χ3n) is 9.26. The fourth-order valence-corrected chi connectivity index (χ4v) is 8.43. The van der Waals surface area contributed by atoms with Crippen LogP contribution in [0.25, 0.3) is 22.3 Å². The molecule has 39 heavy (non-hydrogen) atoms. The van der Waals surface area contributed by atoms with Crippen molar-refractivity contribution >= 4 is 15.9 Å². The van der Waals surface area contributed by atoms with Gasteiger partial charge in [-0.2, -0.15) is 0 Å². The summed E-state index contributed by atoms with van der Waals surface area (Å²) < 4.78 is 1.10. The maximum absolute atomic E-state index is 3.84. The Morgan fingerprint density at radius 3 is 1.79 bits per heavy atom. The fraction of sp³-hybridized carbons (Fsp3) is 0.0526. The number of fused-ring (bicyclic) bond motifs is 12. The second kappa shape index (κ2) is 7.38. The molecule has 0 N–H and O–H groups in total. The first-order valence-electron chi connectivity index (χ1n) is 13.4. The third kappa shape index (κ3) is 2.35. The van der Waals surface area contributed by atoms with E-state index in [-0.39, 0.29) is 0 Å². The highest BCUT2D eigenvalue weighted by molar-refractivity contribution is 9.10. The van der Waals surface area contributed by atoms with Crippen molar-refractivity contribution in [3.8, 4) is 22.3 Å². The molecule has 3 aliphatic carbocycles. The molecule has 0 amide bonds. The summed E-state index contributed by atoms with van der Waals surface area (Å²) >= 11 is 3.84. The molecule has 6 aromatic rings. The van der Waals surface area contributed by atoms with Crippen LogP contribution in [0, 0.1) is 12.1 Å². The summed E-state index contributed by atoms with van der Waals surface area (Å²) in [6.45, 7) is 0. The summed E-state index contributed by atoms with van der Waals surface area (Å²) in [5.41, 5.74) is 14.9. The molecule has 9 rings (SSSR count). The Hall–Kier alpha value is -4.38. The summed E-state index contributed by atoms with van der Waals surface area (Å²) in [5.74, 6) is 0. The van der Waals surface area contributed by atoms with E-state index < -0.39 is 10.8 Å². The van der Waals surface area contributed by atoms with Crippen molar-refractivity contribution in [2.45, 2.75) is 10.8 Å². The van der Waals surface area contributed by atoms with Crippen molar-refractivity contribution in [3.63, 3.8) is 0 Å². The van der Waals surface area contributed by atoms with Gasteiger partial charge >= 0.3 is 0 Å². The molecule has 2 unspecified atom stereocenters. The van der Waals surface area contributed by atoms with Gasteiger partial charge in [0.25, 0.3) is 0 Å². The lowest BCUT2D eigenvalue weighted by Gasteiger charge is -2.48. The zero-order chi connectivity index (χ0) is 25.8. The quantitative estimate of drug-likeness (QED) is 0.189. The Balaban J connectivity index is 1.56. The molecule has 6 aromatic carbocycles. The summed E-state index contributed by atoms with van der Waals surface area (Å²) in [5, 5.41) is 0. The van der Waals surface area contributed by atoms with Crippen LogP contribution in [0.4, 0.5) is 0 Å². The van der Waals surface area contributed by atoms with E-state index in [0.29, 0.717) is 0 Å². The Kier molecular flexibility index (Phi) is 4.08. The van der Waals surface area contributed by atoms with Gasteiger partial charge in [-0.05, 0) is 85.5 Å². The van der Waals surface area contributed by atoms with E-state index in [2.05, 4.69) is 149 Å². The smallest absolute Gasteiger partial charge is 0.0699 e. The average Bonchev–Trinajstić information content (AvgIpc) is 3.46. The van der Waals surface area contributed by atoms with Gasteiger partial charge in [0.05, 0.1) is 10.8 Å². The van der Waals surface area contributed by atoms with E-state index in [1.165, 1.54) is 61.2 Å². The van der Waals surface area contributed by atoms with Gasteiger partial charge < -0.3 is 0 Å². The summed E-state index contributed by atoms with van der Waals surface area (Å²) in [6.07, 6.45) is 0. The lowest BCUT2D eigenvalue weighted by atomic mass is 9.53. The first-order valence-corrected chi connectivity index (χ1v) is 14.2. The first kappa shape index (κ1) is 21.5. The Bertz CT molecular complexity index is 1980. The summed E-state index contributed by atoms with van der Waals surface area (Å²) in [6, 6.07) is 54.1. The van der Waals surface area contributed by atoms with Crippen molar-refractivity contribution in [1.29, 1.82) is 0 Å². The number of benzene rings is 5. The van der Waals surface area contributed by atoms with Gasteiger partial charge in [0.2, 0.25) is 0 Å². The van der Waals surface area contributed by atoms with Crippen LogP contribution in [0.2, 0.25) is 0 Å². The van der Waals surface area contributed by atoms with Crippen molar-refractivity contribution in [2.75, 3.05) is 0 Å². The molecule has 3 aliphatic rings. The fourth-order valence-electron chi connectivity index (χ4n) is 8.06. The van der Waals surface area contributed by atoms with Gasteiger partial charge in [0.1, 0.15) is 0 Å². The summed E-state index contributed by atoms with van der Waals surface area (Å²) in [7, 11) is 0. The minimum atomic E-state index is -0.466. The number of rotatable bonds is 1. The standard InChI is InChI=1S/C38H21Br/c39-25-21-22-28-26-13-4-7-17-31(26)38(35(28)23-25)33-19-9-8-18-32(33)37(24-11-2-1-3-12-24)30-16-6-5-14-27(30)29-15-10-20-34(38)36(29)37/h1-2,4-11,13-23H. The Morgan fingerprint density at radius 1 is 0.462 bits per heavy atom. The normalized spacial score (nSPS) is 20.4. The maximum Gasteiger partial charge on any atom is 0.0798 e. The van der Waals surface area contributed by atoms with Gasteiger partial charge in [-0.1, -0.05) is 131 Å². The minimum absolute atomic E-state index is 0.429. The van der Waals surface area contributed by atoms with Crippen molar-refractivity contribution in [3.05, 3.63) is 189 Å². The topological polar surface area (TPSA) is 0 Å². The van der Waals surface area contributed by atoms with Gasteiger partial charge in [-0.25, -0.2) is 0 Å². The van der Waals surface area contributed by atoms with Crippen LogP contribution >= 0.6 is 15.9 Å². The predicted molar refractivity (Wildman–Crippen MR) is 160 cm³/mol. The summed E-state index contributed by atoms with van der Waals surface area (Å²) in [4.78, 5) is 0. The van der Waals surface area contributed by atoms with E-state index in [1.54, 1.807) is 0 Å². The van der Waals surface area contributed by atoms with Gasteiger partial charge in [0.15, 0.2) is 0 Å². The molecular weight excluding hydrogens is 536 g/mol. The molecule has 0 aromatic heterocycles. The molecule has 1 spiro atoms. The molecule has 180 valence electrons. The molecule has 0 fully saturated rings. The van der Waals surface area contributed by atoms with E-state index in [0.717, 1.165) is 10.0 Å². The number of hydrogen-bond donors (Lipinski definition) is 0. The largest absolute Gasteiger partial charge is 0.0798 e. The van der Waals surface area contributed by atoms with Crippen LogP contribution in [0.3, 0.4) is 0 Å². The number of hydrogen-bond acceptors (Lipinski definition) is 0. The Morgan fingerprint density at radius 2 is 1.05 bits per heavy atom. The van der Waals surface area contributed by atoms with Crippen LogP contribution < -0.4 is 0 Å². The molecule has 2 atom stereocenters. The van der Waals surface area contributed by atoms with Crippen LogP contribution in [-0.2, 0) is 10.8 Å². The second-order valence-electron chi connectivity index (χ2n) is 10.8. The lowest BCUT2D eigenvalue weighted by Crippen LogP contribution is -2.43. The van der Waals surface area contributed by atoms with Gasteiger partial charge in [0, 0.05) is 10.0 Å². The molecule has 0 bridgehead atoms. The van der Waals surface area contributed by atoms with Gasteiger partial charge in [-0.3, -0.25) is 0 Å². The highest BCUT2D eigenvalue weighted by Crippen LogP contribution is 2.68. The molecule has 1 heteroatoms.